The zero-order valence-electron chi connectivity index (χ0n) is 13.3. The summed E-state index contributed by atoms with van der Waals surface area (Å²) in [6, 6.07) is 4.04. The van der Waals surface area contributed by atoms with Gasteiger partial charge in [-0.15, -0.1) is 0 Å². The first kappa shape index (κ1) is 16.0. The van der Waals surface area contributed by atoms with E-state index in [2.05, 4.69) is 38.6 Å². The Hall–Kier alpha value is -2.37. The van der Waals surface area contributed by atoms with Crippen molar-refractivity contribution in [3.8, 4) is 5.82 Å². The van der Waals surface area contributed by atoms with Gasteiger partial charge >= 0.3 is 0 Å². The Morgan fingerprint density at radius 1 is 1.27 bits per heavy atom. The van der Waals surface area contributed by atoms with E-state index in [9.17, 15) is 0 Å². The fourth-order valence-corrected chi connectivity index (χ4v) is 2.06. The Labute approximate surface area is 131 Å². The molecular formula is C16H24N6. The standard InChI is InChI=1S/C16H24N6/c1-3-4-5-8-19-16(17-2)21-12-14-6-7-15(20-11-14)22-10-9-18-13-22/h6-7,9-11,13H,3-5,8,12H2,1-2H3,(H2,17,19,21). The summed E-state index contributed by atoms with van der Waals surface area (Å²) in [6.07, 6.45) is 10.9. The normalized spacial score (nSPS) is 11.5. The van der Waals surface area contributed by atoms with E-state index in [0.29, 0.717) is 6.54 Å². The van der Waals surface area contributed by atoms with Crippen LogP contribution in [0.3, 0.4) is 0 Å². The molecule has 2 rings (SSSR count). The lowest BCUT2D eigenvalue weighted by molar-refractivity contribution is 0.682. The molecule has 6 heteroatoms. The summed E-state index contributed by atoms with van der Waals surface area (Å²) in [5.41, 5.74) is 1.11. The van der Waals surface area contributed by atoms with Crippen molar-refractivity contribution in [2.75, 3.05) is 13.6 Å². The topological polar surface area (TPSA) is 67.1 Å². The van der Waals surface area contributed by atoms with Crippen molar-refractivity contribution in [2.24, 2.45) is 4.99 Å². The molecule has 2 aromatic heterocycles. The summed E-state index contributed by atoms with van der Waals surface area (Å²) in [6.45, 7) is 3.85. The highest BCUT2D eigenvalue weighted by atomic mass is 15.2. The molecule has 118 valence electrons. The number of imidazole rings is 1. The molecule has 6 nitrogen and oxygen atoms in total. The van der Waals surface area contributed by atoms with E-state index in [1.165, 1.54) is 19.3 Å². The van der Waals surface area contributed by atoms with Gasteiger partial charge in [-0.25, -0.2) is 9.97 Å². The number of nitrogens with one attached hydrogen (secondary N) is 2. The van der Waals surface area contributed by atoms with Gasteiger partial charge in [0.2, 0.25) is 0 Å². The highest BCUT2D eigenvalue weighted by Gasteiger charge is 2.00. The summed E-state index contributed by atoms with van der Waals surface area (Å²) in [4.78, 5) is 12.7. The lowest BCUT2D eigenvalue weighted by Crippen LogP contribution is -2.37. The maximum absolute atomic E-state index is 4.43. The van der Waals surface area contributed by atoms with Crippen molar-refractivity contribution in [2.45, 2.75) is 32.7 Å². The van der Waals surface area contributed by atoms with E-state index in [1.54, 1.807) is 19.6 Å². The van der Waals surface area contributed by atoms with Crippen molar-refractivity contribution in [1.29, 1.82) is 0 Å². The molecule has 0 amide bonds. The first-order valence-electron chi connectivity index (χ1n) is 7.71. The number of unbranched alkanes of at least 4 members (excludes halogenated alkanes) is 2. The van der Waals surface area contributed by atoms with Crippen molar-refractivity contribution < 1.29 is 0 Å². The number of rotatable bonds is 7. The zero-order chi connectivity index (χ0) is 15.6. The van der Waals surface area contributed by atoms with Crippen LogP contribution in [-0.2, 0) is 6.54 Å². The van der Waals surface area contributed by atoms with Crippen LogP contribution in [-0.4, -0.2) is 34.1 Å². The molecule has 0 aliphatic rings. The smallest absolute Gasteiger partial charge is 0.191 e. The molecule has 2 N–H and O–H groups in total. The highest BCUT2D eigenvalue weighted by Crippen LogP contribution is 2.05. The van der Waals surface area contributed by atoms with E-state index in [0.717, 1.165) is 23.9 Å². The highest BCUT2D eigenvalue weighted by molar-refractivity contribution is 5.79. The summed E-state index contributed by atoms with van der Waals surface area (Å²) in [7, 11) is 1.79. The molecule has 0 spiro atoms. The van der Waals surface area contributed by atoms with Gasteiger partial charge in [0.1, 0.15) is 12.1 Å². The molecule has 0 bridgehead atoms. The molecule has 0 unspecified atom stereocenters. The SMILES string of the molecule is CCCCCNC(=NC)NCc1ccc(-n2ccnc2)nc1. The third-order valence-corrected chi connectivity index (χ3v) is 3.33. The van der Waals surface area contributed by atoms with Gasteiger partial charge in [0.15, 0.2) is 5.96 Å². The molecule has 2 heterocycles. The molecule has 0 fully saturated rings. The summed E-state index contributed by atoms with van der Waals surface area (Å²) in [5.74, 6) is 1.69. The molecule has 2 aromatic rings. The predicted molar refractivity (Wildman–Crippen MR) is 89.1 cm³/mol. The van der Waals surface area contributed by atoms with E-state index < -0.39 is 0 Å². The predicted octanol–water partition coefficient (Wildman–Crippen LogP) is 2.12. The van der Waals surface area contributed by atoms with Gasteiger partial charge < -0.3 is 10.6 Å². The van der Waals surface area contributed by atoms with Crippen LogP contribution in [0.5, 0.6) is 0 Å². The van der Waals surface area contributed by atoms with Crippen LogP contribution < -0.4 is 10.6 Å². The lowest BCUT2D eigenvalue weighted by Gasteiger charge is -2.11. The van der Waals surface area contributed by atoms with Crippen LogP contribution in [0, 0.1) is 0 Å². The molecule has 0 radical (unpaired) electrons. The number of hydrogen-bond donors (Lipinski definition) is 2. The number of guanidine groups is 1. The van der Waals surface area contributed by atoms with Gasteiger partial charge in [0.25, 0.3) is 0 Å². The van der Waals surface area contributed by atoms with Gasteiger partial charge in [-0.3, -0.25) is 9.56 Å². The van der Waals surface area contributed by atoms with Gasteiger partial charge in [0.05, 0.1) is 0 Å². The number of aromatic nitrogens is 3. The van der Waals surface area contributed by atoms with Crippen molar-refractivity contribution in [1.82, 2.24) is 25.2 Å². The van der Waals surface area contributed by atoms with Crippen LogP contribution in [0.1, 0.15) is 31.7 Å². The molecule has 22 heavy (non-hydrogen) atoms. The third-order valence-electron chi connectivity index (χ3n) is 3.33. The van der Waals surface area contributed by atoms with Gasteiger partial charge in [0, 0.05) is 38.7 Å². The maximum atomic E-state index is 4.43. The second kappa shape index (κ2) is 8.81. The first-order valence-corrected chi connectivity index (χ1v) is 7.71. The summed E-state index contributed by atoms with van der Waals surface area (Å²) >= 11 is 0. The van der Waals surface area contributed by atoms with Gasteiger partial charge in [-0.1, -0.05) is 25.8 Å². The molecule has 0 saturated heterocycles. The molecule has 0 aliphatic heterocycles. The Kier molecular flexibility index (Phi) is 6.41. The van der Waals surface area contributed by atoms with Crippen molar-refractivity contribution >= 4 is 5.96 Å². The second-order valence-corrected chi connectivity index (χ2v) is 5.05. The maximum Gasteiger partial charge on any atom is 0.191 e. The molecule has 0 saturated carbocycles. The second-order valence-electron chi connectivity index (χ2n) is 5.05. The largest absolute Gasteiger partial charge is 0.356 e. The molecule has 0 aliphatic carbocycles. The summed E-state index contributed by atoms with van der Waals surface area (Å²) < 4.78 is 1.88. The Balaban J connectivity index is 1.80. The van der Waals surface area contributed by atoms with Crippen molar-refractivity contribution in [3.63, 3.8) is 0 Å². The fourth-order valence-electron chi connectivity index (χ4n) is 2.06. The number of hydrogen-bond acceptors (Lipinski definition) is 3. The van der Waals surface area contributed by atoms with Gasteiger partial charge in [-0.05, 0) is 18.1 Å². The minimum Gasteiger partial charge on any atom is -0.356 e. The monoisotopic (exact) mass is 300 g/mol. The van der Waals surface area contributed by atoms with E-state index >= 15 is 0 Å². The van der Waals surface area contributed by atoms with Crippen LogP contribution in [0.25, 0.3) is 5.82 Å². The van der Waals surface area contributed by atoms with Gasteiger partial charge in [-0.2, -0.15) is 0 Å². The quantitative estimate of drug-likeness (QED) is 0.467. The van der Waals surface area contributed by atoms with Crippen LogP contribution in [0.4, 0.5) is 0 Å². The Morgan fingerprint density at radius 2 is 2.18 bits per heavy atom. The third kappa shape index (κ3) is 4.87. The van der Waals surface area contributed by atoms with Crippen LogP contribution >= 0.6 is 0 Å². The minimum atomic E-state index is 0.699. The van der Waals surface area contributed by atoms with E-state index in [4.69, 9.17) is 0 Å². The Morgan fingerprint density at radius 3 is 2.82 bits per heavy atom. The van der Waals surface area contributed by atoms with Crippen molar-refractivity contribution in [3.05, 3.63) is 42.6 Å². The van der Waals surface area contributed by atoms with Crippen LogP contribution in [0.15, 0.2) is 42.0 Å². The van der Waals surface area contributed by atoms with E-state index in [1.807, 2.05) is 23.0 Å². The number of nitrogens with zero attached hydrogens (tertiary/aromatic N) is 4. The van der Waals surface area contributed by atoms with E-state index in [-0.39, 0.29) is 0 Å². The molecule has 0 aromatic carbocycles. The average Bonchev–Trinajstić information content (AvgIpc) is 3.09. The molecular weight excluding hydrogens is 276 g/mol. The summed E-state index contributed by atoms with van der Waals surface area (Å²) in [5, 5.41) is 6.61. The zero-order valence-corrected chi connectivity index (χ0v) is 13.3. The fraction of sp³-hybridized carbons (Fsp3) is 0.438. The number of pyridine rings is 1. The average molecular weight is 300 g/mol. The van der Waals surface area contributed by atoms with Crippen LogP contribution in [0.2, 0.25) is 0 Å². The Bertz CT molecular complexity index is 559. The minimum absolute atomic E-state index is 0.699. The first-order chi connectivity index (χ1) is 10.8. The molecule has 0 atom stereocenters. The number of aliphatic imine (C=N–C) groups is 1. The lowest BCUT2D eigenvalue weighted by atomic mass is 10.2.